The summed E-state index contributed by atoms with van der Waals surface area (Å²) < 4.78 is 5.41. The quantitative estimate of drug-likeness (QED) is 0.747. The number of aryl methyl sites for hydroxylation is 1. The number of nitrogens with zero attached hydrogens (tertiary/aromatic N) is 4. The number of nitriles is 1. The van der Waals surface area contributed by atoms with Crippen molar-refractivity contribution < 1.29 is 9.53 Å². The highest BCUT2D eigenvalue weighted by molar-refractivity contribution is 5.75. The summed E-state index contributed by atoms with van der Waals surface area (Å²) in [6, 6.07) is 8.05. The molecule has 2 aliphatic heterocycles. The minimum Gasteiger partial charge on any atom is -0.381 e. The minimum absolute atomic E-state index is 0.0953. The van der Waals surface area contributed by atoms with Crippen LogP contribution in [0.4, 0.5) is 10.7 Å². The van der Waals surface area contributed by atoms with Crippen LogP contribution in [0.2, 0.25) is 0 Å². The Morgan fingerprint density at radius 2 is 2.19 bits per heavy atom. The fourth-order valence-electron chi connectivity index (χ4n) is 4.26. The molecule has 2 N–H and O–H groups in total. The summed E-state index contributed by atoms with van der Waals surface area (Å²) in [4.78, 5) is 24.0. The standard InChI is InChI=1S/C24H30N6O2/c1-3-21(17-4-5-18(13-25)16(2)12-17)29-24(31)30-9-6-19-14-26-23(28-22(19)15-30)27-20-7-10-32-11-8-20/h4-5,12,14,20-21H,3,6-11,15H2,1-2H3,(H,29,31)(H,26,27,28)/t21-/m1/s1. The number of aromatic nitrogens is 2. The molecule has 3 heterocycles. The van der Waals surface area contributed by atoms with Gasteiger partial charge in [0.25, 0.3) is 0 Å². The van der Waals surface area contributed by atoms with Crippen molar-refractivity contribution in [2.24, 2.45) is 0 Å². The average Bonchev–Trinajstić information content (AvgIpc) is 2.82. The maximum atomic E-state index is 13.0. The molecular formula is C24H30N6O2. The number of carbonyl (C=O) groups excluding carboxylic acids is 1. The number of hydrogen-bond donors (Lipinski definition) is 2. The van der Waals surface area contributed by atoms with Crippen LogP contribution < -0.4 is 10.6 Å². The number of fused-ring (bicyclic) bond motifs is 1. The van der Waals surface area contributed by atoms with Gasteiger partial charge in [0, 0.05) is 32.0 Å². The summed E-state index contributed by atoms with van der Waals surface area (Å²) in [5.74, 6) is 0.623. The van der Waals surface area contributed by atoms with Crippen LogP contribution in [0.5, 0.6) is 0 Å². The van der Waals surface area contributed by atoms with E-state index in [9.17, 15) is 4.79 Å². The highest BCUT2D eigenvalue weighted by Gasteiger charge is 2.25. The number of anilines is 1. The molecule has 2 aromatic rings. The Bertz CT molecular complexity index is 1010. The van der Waals surface area contributed by atoms with Crippen molar-refractivity contribution in [2.45, 2.75) is 58.2 Å². The van der Waals surface area contributed by atoms with Crippen LogP contribution in [0.25, 0.3) is 0 Å². The smallest absolute Gasteiger partial charge is 0.318 e. The van der Waals surface area contributed by atoms with Crippen molar-refractivity contribution in [1.82, 2.24) is 20.2 Å². The molecule has 0 unspecified atom stereocenters. The van der Waals surface area contributed by atoms with Crippen molar-refractivity contribution in [3.8, 4) is 6.07 Å². The van der Waals surface area contributed by atoms with E-state index in [2.05, 4.69) is 21.7 Å². The number of rotatable bonds is 5. The van der Waals surface area contributed by atoms with Crippen molar-refractivity contribution in [3.05, 3.63) is 52.3 Å². The molecule has 1 fully saturated rings. The van der Waals surface area contributed by atoms with E-state index in [1.807, 2.05) is 43.1 Å². The van der Waals surface area contributed by atoms with Crippen molar-refractivity contribution in [2.75, 3.05) is 25.1 Å². The van der Waals surface area contributed by atoms with Gasteiger partial charge in [-0.05, 0) is 55.4 Å². The van der Waals surface area contributed by atoms with E-state index in [-0.39, 0.29) is 12.1 Å². The molecule has 2 amide bonds. The van der Waals surface area contributed by atoms with Crippen molar-refractivity contribution in [1.29, 1.82) is 5.26 Å². The lowest BCUT2D eigenvalue weighted by molar-refractivity contribution is 0.0903. The topological polar surface area (TPSA) is 103 Å². The van der Waals surface area contributed by atoms with Crippen LogP contribution in [0.3, 0.4) is 0 Å². The zero-order valence-electron chi connectivity index (χ0n) is 18.7. The molecule has 4 rings (SSSR count). The molecule has 0 bridgehead atoms. The minimum atomic E-state index is -0.105. The molecule has 0 radical (unpaired) electrons. The van der Waals surface area contributed by atoms with E-state index < -0.39 is 0 Å². The summed E-state index contributed by atoms with van der Waals surface area (Å²) in [5.41, 5.74) is 4.60. The normalized spacial score (nSPS) is 17.2. The summed E-state index contributed by atoms with van der Waals surface area (Å²) >= 11 is 0. The Morgan fingerprint density at radius 1 is 1.38 bits per heavy atom. The Hall–Kier alpha value is -3.18. The van der Waals surface area contributed by atoms with Gasteiger partial charge in [0.05, 0.1) is 29.9 Å². The first-order valence-corrected chi connectivity index (χ1v) is 11.3. The Morgan fingerprint density at radius 3 is 2.91 bits per heavy atom. The van der Waals surface area contributed by atoms with E-state index in [1.165, 1.54) is 0 Å². The molecule has 1 aromatic heterocycles. The van der Waals surface area contributed by atoms with Gasteiger partial charge in [-0.25, -0.2) is 14.8 Å². The first-order valence-electron chi connectivity index (χ1n) is 11.3. The highest BCUT2D eigenvalue weighted by Crippen LogP contribution is 2.23. The maximum absolute atomic E-state index is 13.0. The number of amides is 2. The average molecular weight is 435 g/mol. The van der Waals surface area contributed by atoms with Crippen LogP contribution in [-0.2, 0) is 17.7 Å². The van der Waals surface area contributed by atoms with Gasteiger partial charge >= 0.3 is 6.03 Å². The number of benzene rings is 1. The summed E-state index contributed by atoms with van der Waals surface area (Å²) in [6.07, 6.45) is 5.29. The van der Waals surface area contributed by atoms with Crippen LogP contribution in [-0.4, -0.2) is 46.7 Å². The molecule has 0 aliphatic carbocycles. The monoisotopic (exact) mass is 434 g/mol. The molecule has 1 saturated heterocycles. The fourth-order valence-corrected chi connectivity index (χ4v) is 4.26. The third-order valence-corrected chi connectivity index (χ3v) is 6.27. The van der Waals surface area contributed by atoms with Gasteiger partial charge in [-0.1, -0.05) is 19.1 Å². The van der Waals surface area contributed by atoms with Gasteiger partial charge < -0.3 is 20.3 Å². The van der Waals surface area contributed by atoms with Crippen LogP contribution >= 0.6 is 0 Å². The van der Waals surface area contributed by atoms with E-state index >= 15 is 0 Å². The first-order chi connectivity index (χ1) is 15.6. The number of carbonyl (C=O) groups is 1. The Labute approximate surface area is 189 Å². The molecule has 0 saturated carbocycles. The molecule has 8 nitrogen and oxygen atoms in total. The predicted molar refractivity (Wildman–Crippen MR) is 121 cm³/mol. The lowest BCUT2D eigenvalue weighted by atomic mass is 9.99. The lowest BCUT2D eigenvalue weighted by Gasteiger charge is -2.30. The molecule has 0 spiro atoms. The van der Waals surface area contributed by atoms with Crippen LogP contribution in [0, 0.1) is 18.3 Å². The van der Waals surface area contributed by atoms with Gasteiger partial charge in [0.2, 0.25) is 5.95 Å². The lowest BCUT2D eigenvalue weighted by Crippen LogP contribution is -2.44. The second kappa shape index (κ2) is 9.96. The second-order valence-electron chi connectivity index (χ2n) is 8.46. The maximum Gasteiger partial charge on any atom is 0.318 e. The number of urea groups is 1. The summed E-state index contributed by atoms with van der Waals surface area (Å²) in [6.45, 7) is 6.59. The number of nitrogens with one attached hydrogen (secondary N) is 2. The molecule has 1 atom stereocenters. The third kappa shape index (κ3) is 5.00. The molecule has 8 heteroatoms. The highest BCUT2D eigenvalue weighted by atomic mass is 16.5. The van der Waals surface area contributed by atoms with Crippen molar-refractivity contribution >= 4 is 12.0 Å². The van der Waals surface area contributed by atoms with Gasteiger partial charge in [-0.3, -0.25) is 0 Å². The summed E-state index contributed by atoms with van der Waals surface area (Å²) in [5, 5.41) is 15.7. The molecular weight excluding hydrogens is 404 g/mol. The molecule has 168 valence electrons. The largest absolute Gasteiger partial charge is 0.381 e. The Kier molecular flexibility index (Phi) is 6.86. The molecule has 1 aromatic carbocycles. The number of ether oxygens (including phenoxy) is 1. The zero-order chi connectivity index (χ0) is 22.5. The van der Waals surface area contributed by atoms with Crippen LogP contribution in [0.1, 0.15) is 60.2 Å². The van der Waals surface area contributed by atoms with E-state index in [1.54, 1.807) is 0 Å². The van der Waals surface area contributed by atoms with Gasteiger partial charge in [-0.2, -0.15) is 5.26 Å². The number of hydrogen-bond acceptors (Lipinski definition) is 6. The van der Waals surface area contributed by atoms with E-state index in [0.717, 1.165) is 61.3 Å². The van der Waals surface area contributed by atoms with Gasteiger partial charge in [0.15, 0.2) is 0 Å². The van der Waals surface area contributed by atoms with Crippen LogP contribution in [0.15, 0.2) is 24.4 Å². The van der Waals surface area contributed by atoms with E-state index in [0.29, 0.717) is 30.6 Å². The van der Waals surface area contributed by atoms with Gasteiger partial charge in [0.1, 0.15) is 0 Å². The zero-order valence-corrected chi connectivity index (χ0v) is 18.7. The Balaban J connectivity index is 1.41. The molecule has 32 heavy (non-hydrogen) atoms. The fraction of sp³-hybridized carbons (Fsp3) is 0.500. The second-order valence-corrected chi connectivity index (χ2v) is 8.46. The van der Waals surface area contributed by atoms with Crippen molar-refractivity contribution in [3.63, 3.8) is 0 Å². The first kappa shape index (κ1) is 22.0. The molecule has 2 aliphatic rings. The van der Waals surface area contributed by atoms with Gasteiger partial charge in [-0.15, -0.1) is 0 Å². The van der Waals surface area contributed by atoms with E-state index in [4.69, 9.17) is 15.0 Å². The third-order valence-electron chi connectivity index (χ3n) is 6.27. The SMILES string of the molecule is CC[C@@H](NC(=O)N1CCc2cnc(NC3CCOCC3)nc2C1)c1ccc(C#N)c(C)c1. The predicted octanol–water partition coefficient (Wildman–Crippen LogP) is 3.47. The summed E-state index contributed by atoms with van der Waals surface area (Å²) in [7, 11) is 0.